The van der Waals surface area contributed by atoms with Crippen LogP contribution in [0, 0.1) is 0 Å². The van der Waals surface area contributed by atoms with Crippen molar-refractivity contribution in [3.8, 4) is 5.75 Å². The van der Waals surface area contributed by atoms with Crippen LogP contribution in [0.1, 0.15) is 25.0 Å². The van der Waals surface area contributed by atoms with E-state index in [4.69, 9.17) is 4.74 Å². The van der Waals surface area contributed by atoms with E-state index in [0.717, 1.165) is 23.4 Å². The lowest BCUT2D eigenvalue weighted by Gasteiger charge is -2.21. The smallest absolute Gasteiger partial charge is 0.244 e. The monoisotopic (exact) mass is 340 g/mol. The molecular weight excluding hydrogens is 316 g/mol. The van der Waals surface area contributed by atoms with Crippen molar-refractivity contribution in [3.05, 3.63) is 59.7 Å². The fourth-order valence-electron chi connectivity index (χ4n) is 2.43. The number of ether oxygens (including phenoxy) is 1. The van der Waals surface area contributed by atoms with Gasteiger partial charge in [-0.3, -0.25) is 9.59 Å². The summed E-state index contributed by atoms with van der Waals surface area (Å²) in [5, 5.41) is 2.83. The molecule has 2 aromatic rings. The average Bonchev–Trinajstić information content (AvgIpc) is 2.62. The number of amides is 2. The van der Waals surface area contributed by atoms with Crippen molar-refractivity contribution in [3.63, 3.8) is 0 Å². The lowest BCUT2D eigenvalue weighted by Crippen LogP contribution is -2.36. The molecule has 0 aromatic heterocycles. The number of anilines is 1. The van der Waals surface area contributed by atoms with Crippen molar-refractivity contribution in [2.75, 3.05) is 19.0 Å². The Balaban J connectivity index is 1.97. The summed E-state index contributed by atoms with van der Waals surface area (Å²) in [6, 6.07) is 15.2. The predicted molar refractivity (Wildman–Crippen MR) is 98.5 cm³/mol. The molecule has 5 heteroatoms. The lowest BCUT2D eigenvalue weighted by atomic mass is 10.1. The van der Waals surface area contributed by atoms with Crippen LogP contribution in [0.5, 0.6) is 5.75 Å². The molecule has 132 valence electrons. The van der Waals surface area contributed by atoms with Crippen LogP contribution in [0.4, 0.5) is 5.69 Å². The van der Waals surface area contributed by atoms with Gasteiger partial charge >= 0.3 is 0 Å². The fourth-order valence-corrected chi connectivity index (χ4v) is 2.43. The van der Waals surface area contributed by atoms with Crippen LogP contribution in [0.2, 0.25) is 0 Å². The van der Waals surface area contributed by atoms with Crippen LogP contribution in [0.25, 0.3) is 0 Å². The molecule has 0 fully saturated rings. The van der Waals surface area contributed by atoms with E-state index in [1.165, 1.54) is 17.4 Å². The third-order valence-corrected chi connectivity index (χ3v) is 3.96. The summed E-state index contributed by atoms with van der Waals surface area (Å²) in [5.41, 5.74) is 2.88. The number of methoxy groups -OCH3 is 1. The normalized spacial score (nSPS) is 10.2. The number of nitrogens with zero attached hydrogens (tertiary/aromatic N) is 1. The molecule has 0 bridgehead atoms. The van der Waals surface area contributed by atoms with Gasteiger partial charge in [0.05, 0.1) is 7.11 Å². The molecule has 25 heavy (non-hydrogen) atoms. The molecule has 0 atom stereocenters. The Labute approximate surface area is 148 Å². The summed E-state index contributed by atoms with van der Waals surface area (Å²) in [4.78, 5) is 25.6. The van der Waals surface area contributed by atoms with Gasteiger partial charge < -0.3 is 15.0 Å². The molecule has 0 aliphatic rings. The molecule has 0 spiro atoms. The minimum atomic E-state index is -0.215. The molecule has 0 aliphatic heterocycles. The van der Waals surface area contributed by atoms with Crippen molar-refractivity contribution in [2.45, 2.75) is 26.8 Å². The summed E-state index contributed by atoms with van der Waals surface area (Å²) < 4.78 is 5.12. The summed E-state index contributed by atoms with van der Waals surface area (Å²) in [6.07, 6.45) is 0.953. The van der Waals surface area contributed by atoms with Gasteiger partial charge in [-0.25, -0.2) is 0 Å². The second kappa shape index (κ2) is 8.87. The molecule has 5 nitrogen and oxygen atoms in total. The van der Waals surface area contributed by atoms with Crippen LogP contribution in [-0.4, -0.2) is 30.4 Å². The molecular formula is C20H24N2O3. The molecule has 0 unspecified atom stereocenters. The van der Waals surface area contributed by atoms with Gasteiger partial charge in [0.25, 0.3) is 0 Å². The Hall–Kier alpha value is -2.82. The number of aryl methyl sites for hydroxylation is 1. The fraction of sp³-hybridized carbons (Fsp3) is 0.300. The first kappa shape index (κ1) is 18.5. The number of hydrogen-bond donors (Lipinski definition) is 1. The van der Waals surface area contributed by atoms with Gasteiger partial charge in [-0.05, 0) is 41.8 Å². The highest BCUT2D eigenvalue weighted by Crippen LogP contribution is 2.14. The van der Waals surface area contributed by atoms with E-state index in [9.17, 15) is 9.59 Å². The quantitative estimate of drug-likeness (QED) is 0.842. The first-order chi connectivity index (χ1) is 12.0. The maximum Gasteiger partial charge on any atom is 0.244 e. The number of carbonyl (C=O) groups is 2. The minimum Gasteiger partial charge on any atom is -0.497 e. The maximum atomic E-state index is 12.2. The van der Waals surface area contributed by atoms with E-state index in [-0.39, 0.29) is 18.4 Å². The van der Waals surface area contributed by atoms with Gasteiger partial charge in [-0.1, -0.05) is 31.2 Å². The topological polar surface area (TPSA) is 58.6 Å². The zero-order valence-corrected chi connectivity index (χ0v) is 14.9. The van der Waals surface area contributed by atoms with Crippen LogP contribution >= 0.6 is 0 Å². The van der Waals surface area contributed by atoms with E-state index in [1.54, 1.807) is 7.11 Å². The highest BCUT2D eigenvalue weighted by molar-refractivity contribution is 5.94. The van der Waals surface area contributed by atoms with Gasteiger partial charge in [-0.2, -0.15) is 0 Å². The Morgan fingerprint density at radius 1 is 1.00 bits per heavy atom. The molecule has 0 saturated heterocycles. The van der Waals surface area contributed by atoms with E-state index in [0.29, 0.717) is 6.54 Å². The molecule has 2 amide bonds. The molecule has 0 saturated carbocycles. The molecule has 2 aromatic carbocycles. The molecule has 0 heterocycles. The van der Waals surface area contributed by atoms with Crippen LogP contribution in [0.15, 0.2) is 48.5 Å². The Kier molecular flexibility index (Phi) is 6.57. The molecule has 0 radical (unpaired) electrons. The van der Waals surface area contributed by atoms with Crippen LogP contribution < -0.4 is 10.1 Å². The SMILES string of the molecule is CCc1ccc(NC(=O)CN(Cc2ccc(OC)cc2)C(C)=O)cc1. The number of nitrogens with one attached hydrogen (secondary N) is 1. The van der Waals surface area contributed by atoms with Gasteiger partial charge in [0.2, 0.25) is 11.8 Å². The minimum absolute atomic E-state index is 0.0108. The van der Waals surface area contributed by atoms with Gasteiger partial charge in [0, 0.05) is 19.2 Å². The predicted octanol–water partition coefficient (Wildman–Crippen LogP) is 3.24. The highest BCUT2D eigenvalue weighted by atomic mass is 16.5. The van der Waals surface area contributed by atoms with Gasteiger partial charge in [0.15, 0.2) is 0 Å². The second-order valence-corrected chi connectivity index (χ2v) is 5.82. The first-order valence-electron chi connectivity index (χ1n) is 8.29. The van der Waals surface area contributed by atoms with E-state index < -0.39 is 0 Å². The zero-order chi connectivity index (χ0) is 18.2. The number of hydrogen-bond acceptors (Lipinski definition) is 3. The van der Waals surface area contributed by atoms with Crippen LogP contribution in [0.3, 0.4) is 0 Å². The van der Waals surface area contributed by atoms with Crippen molar-refractivity contribution < 1.29 is 14.3 Å². The third kappa shape index (κ3) is 5.64. The Morgan fingerprint density at radius 2 is 1.60 bits per heavy atom. The van der Waals surface area contributed by atoms with Crippen molar-refractivity contribution >= 4 is 17.5 Å². The first-order valence-corrected chi connectivity index (χ1v) is 8.29. The Bertz CT molecular complexity index is 709. The summed E-state index contributed by atoms with van der Waals surface area (Å²) in [7, 11) is 1.61. The van der Waals surface area contributed by atoms with Crippen molar-refractivity contribution in [1.29, 1.82) is 0 Å². The molecule has 2 rings (SSSR count). The second-order valence-electron chi connectivity index (χ2n) is 5.82. The molecule has 1 N–H and O–H groups in total. The number of benzene rings is 2. The van der Waals surface area contributed by atoms with Crippen molar-refractivity contribution in [2.24, 2.45) is 0 Å². The largest absolute Gasteiger partial charge is 0.497 e. The average molecular weight is 340 g/mol. The number of carbonyl (C=O) groups excluding carboxylic acids is 2. The van der Waals surface area contributed by atoms with Crippen molar-refractivity contribution in [1.82, 2.24) is 4.90 Å². The van der Waals surface area contributed by atoms with E-state index in [2.05, 4.69) is 12.2 Å². The third-order valence-electron chi connectivity index (χ3n) is 3.96. The van der Waals surface area contributed by atoms with Gasteiger partial charge in [-0.15, -0.1) is 0 Å². The zero-order valence-electron chi connectivity index (χ0n) is 14.9. The standard InChI is InChI=1S/C20H24N2O3/c1-4-16-5-9-18(10-6-16)21-20(24)14-22(15(2)23)13-17-7-11-19(25-3)12-8-17/h5-12H,4,13-14H2,1-3H3,(H,21,24). The maximum absolute atomic E-state index is 12.2. The molecule has 0 aliphatic carbocycles. The summed E-state index contributed by atoms with van der Waals surface area (Å²) >= 11 is 0. The van der Waals surface area contributed by atoms with Crippen LogP contribution in [-0.2, 0) is 22.6 Å². The van der Waals surface area contributed by atoms with E-state index in [1.807, 2.05) is 48.5 Å². The summed E-state index contributed by atoms with van der Waals surface area (Å²) in [5.74, 6) is 0.395. The van der Waals surface area contributed by atoms with Gasteiger partial charge in [0.1, 0.15) is 12.3 Å². The lowest BCUT2D eigenvalue weighted by molar-refractivity contribution is -0.133. The highest BCUT2D eigenvalue weighted by Gasteiger charge is 2.14. The summed E-state index contributed by atoms with van der Waals surface area (Å²) in [6.45, 7) is 3.93. The van der Waals surface area contributed by atoms with E-state index >= 15 is 0 Å². The Morgan fingerprint density at radius 3 is 2.12 bits per heavy atom. The number of rotatable bonds is 7.